The van der Waals surface area contributed by atoms with Gasteiger partial charge in [0, 0.05) is 6.42 Å². The van der Waals surface area contributed by atoms with Gasteiger partial charge in [-0.1, -0.05) is 0 Å². The van der Waals surface area contributed by atoms with Gasteiger partial charge in [0.05, 0.1) is 12.1 Å². The van der Waals surface area contributed by atoms with Crippen molar-refractivity contribution < 1.29 is 19.0 Å². The first-order valence-electron chi connectivity index (χ1n) is 5.59. The second-order valence-electron chi connectivity index (χ2n) is 5.24. The van der Waals surface area contributed by atoms with Crippen LogP contribution in [0.5, 0.6) is 0 Å². The summed E-state index contributed by atoms with van der Waals surface area (Å²) in [6.45, 7) is 5.26. The topological polar surface area (TPSA) is 58.6 Å². The van der Waals surface area contributed by atoms with Crippen molar-refractivity contribution in [1.82, 2.24) is 5.32 Å². The molecular formula is C11H20FNO3. The smallest absolute Gasteiger partial charge is 0.407 e. The minimum atomic E-state index is -1.20. The molecule has 1 saturated carbocycles. The van der Waals surface area contributed by atoms with E-state index < -0.39 is 30.0 Å². The molecule has 2 N–H and O–H groups in total. The summed E-state index contributed by atoms with van der Waals surface area (Å²) in [6, 6.07) is -0.543. The molecule has 1 fully saturated rings. The van der Waals surface area contributed by atoms with Crippen molar-refractivity contribution in [3.05, 3.63) is 0 Å². The van der Waals surface area contributed by atoms with E-state index in [-0.39, 0.29) is 6.42 Å². The van der Waals surface area contributed by atoms with E-state index in [2.05, 4.69) is 5.32 Å². The summed E-state index contributed by atoms with van der Waals surface area (Å²) in [6.07, 6.45) is -1.34. The van der Waals surface area contributed by atoms with Gasteiger partial charge in [-0.05, 0) is 33.6 Å². The summed E-state index contributed by atoms with van der Waals surface area (Å²) in [5.41, 5.74) is -0.579. The third-order valence-electron chi connectivity index (χ3n) is 2.45. The minimum Gasteiger partial charge on any atom is -0.444 e. The van der Waals surface area contributed by atoms with Crippen LogP contribution in [0.4, 0.5) is 9.18 Å². The van der Waals surface area contributed by atoms with Gasteiger partial charge in [0.1, 0.15) is 11.8 Å². The fourth-order valence-electron chi connectivity index (χ4n) is 1.72. The monoisotopic (exact) mass is 233 g/mol. The molecule has 5 heteroatoms. The zero-order chi connectivity index (χ0) is 12.3. The summed E-state index contributed by atoms with van der Waals surface area (Å²) in [5, 5.41) is 11.7. The summed E-state index contributed by atoms with van der Waals surface area (Å²) in [7, 11) is 0. The number of ether oxygens (including phenoxy) is 1. The molecule has 0 unspecified atom stereocenters. The number of rotatable bonds is 1. The lowest BCUT2D eigenvalue weighted by atomic mass is 9.91. The van der Waals surface area contributed by atoms with Crippen molar-refractivity contribution >= 4 is 6.09 Å². The number of carbonyl (C=O) groups is 1. The minimum absolute atomic E-state index is 0.0838. The number of amides is 1. The summed E-state index contributed by atoms with van der Waals surface area (Å²) in [4.78, 5) is 11.4. The zero-order valence-electron chi connectivity index (χ0n) is 10.00. The lowest BCUT2D eigenvalue weighted by molar-refractivity contribution is 0.0325. The first-order chi connectivity index (χ1) is 7.28. The molecule has 1 amide bonds. The number of alkyl carbamates (subject to hydrolysis) is 1. The van der Waals surface area contributed by atoms with E-state index in [1.165, 1.54) is 0 Å². The molecule has 0 heterocycles. The number of nitrogens with one attached hydrogen (secondary N) is 1. The molecule has 0 aliphatic heterocycles. The van der Waals surface area contributed by atoms with E-state index in [4.69, 9.17) is 4.74 Å². The molecule has 4 nitrogen and oxygen atoms in total. The molecule has 0 saturated heterocycles. The van der Waals surface area contributed by atoms with Crippen molar-refractivity contribution in [2.24, 2.45) is 0 Å². The number of halogens is 1. The summed E-state index contributed by atoms with van der Waals surface area (Å²) >= 11 is 0. The zero-order valence-corrected chi connectivity index (χ0v) is 10.00. The van der Waals surface area contributed by atoms with Crippen LogP contribution in [0.25, 0.3) is 0 Å². The second kappa shape index (κ2) is 4.99. The van der Waals surface area contributed by atoms with Crippen molar-refractivity contribution in [1.29, 1.82) is 0 Å². The lowest BCUT2D eigenvalue weighted by Gasteiger charge is -2.30. The van der Waals surface area contributed by atoms with E-state index in [9.17, 15) is 14.3 Å². The fourth-order valence-corrected chi connectivity index (χ4v) is 1.72. The van der Waals surface area contributed by atoms with E-state index in [1.54, 1.807) is 20.8 Å². The molecular weight excluding hydrogens is 213 g/mol. The molecule has 0 radical (unpaired) electrons. The average molecular weight is 233 g/mol. The molecule has 94 valence electrons. The number of aliphatic hydroxyl groups is 1. The Balaban J connectivity index is 2.39. The van der Waals surface area contributed by atoms with Gasteiger partial charge in [-0.3, -0.25) is 0 Å². The Bertz CT molecular complexity index is 252. The van der Waals surface area contributed by atoms with Crippen LogP contribution in [0.3, 0.4) is 0 Å². The van der Waals surface area contributed by atoms with Crippen LogP contribution in [0.15, 0.2) is 0 Å². The lowest BCUT2D eigenvalue weighted by Crippen LogP contribution is -2.47. The molecule has 0 spiro atoms. The highest BCUT2D eigenvalue weighted by Crippen LogP contribution is 2.22. The maximum Gasteiger partial charge on any atom is 0.407 e. The molecule has 1 rings (SSSR count). The van der Waals surface area contributed by atoms with Crippen molar-refractivity contribution in [3.63, 3.8) is 0 Å². The second-order valence-corrected chi connectivity index (χ2v) is 5.24. The van der Waals surface area contributed by atoms with Crippen LogP contribution in [0.2, 0.25) is 0 Å². The summed E-state index contributed by atoms with van der Waals surface area (Å²) < 4.78 is 18.5. The van der Waals surface area contributed by atoms with Crippen LogP contribution in [0.1, 0.15) is 40.0 Å². The first kappa shape index (κ1) is 13.2. The Hall–Kier alpha value is -0.840. The predicted molar refractivity (Wildman–Crippen MR) is 57.9 cm³/mol. The van der Waals surface area contributed by atoms with Gasteiger partial charge in [0.25, 0.3) is 0 Å². The third-order valence-corrected chi connectivity index (χ3v) is 2.45. The number of hydrogen-bond acceptors (Lipinski definition) is 3. The molecule has 0 bridgehead atoms. The quantitative estimate of drug-likeness (QED) is 0.725. The highest BCUT2D eigenvalue weighted by Gasteiger charge is 2.31. The van der Waals surface area contributed by atoms with Gasteiger partial charge in [0.2, 0.25) is 0 Å². The van der Waals surface area contributed by atoms with Crippen molar-refractivity contribution in [3.8, 4) is 0 Å². The maximum atomic E-state index is 13.5. The van der Waals surface area contributed by atoms with Gasteiger partial charge in [-0.2, -0.15) is 0 Å². The number of alkyl halides is 1. The van der Waals surface area contributed by atoms with Gasteiger partial charge < -0.3 is 15.2 Å². The molecule has 1 aliphatic rings. The van der Waals surface area contributed by atoms with Crippen molar-refractivity contribution in [2.45, 2.75) is 64.0 Å². The Kier molecular flexibility index (Phi) is 4.13. The van der Waals surface area contributed by atoms with E-state index >= 15 is 0 Å². The van der Waals surface area contributed by atoms with Crippen LogP contribution < -0.4 is 5.32 Å². The van der Waals surface area contributed by atoms with Crippen molar-refractivity contribution in [2.75, 3.05) is 0 Å². The Labute approximate surface area is 95.2 Å². The fraction of sp³-hybridized carbons (Fsp3) is 0.909. The SMILES string of the molecule is CC(C)(C)OC(=O)N[C@@H]1CC[C@@H](O)C[C@H]1F. The molecule has 1 aliphatic carbocycles. The van der Waals surface area contributed by atoms with E-state index in [1.807, 2.05) is 0 Å². The number of aliphatic hydroxyl groups excluding tert-OH is 1. The highest BCUT2D eigenvalue weighted by atomic mass is 19.1. The highest BCUT2D eigenvalue weighted by molar-refractivity contribution is 5.68. The van der Waals surface area contributed by atoms with Gasteiger partial charge in [0.15, 0.2) is 0 Å². The van der Waals surface area contributed by atoms with Crippen LogP contribution in [0, 0.1) is 0 Å². The third kappa shape index (κ3) is 4.35. The maximum absolute atomic E-state index is 13.5. The van der Waals surface area contributed by atoms with E-state index in [0.29, 0.717) is 12.8 Å². The molecule has 0 aromatic carbocycles. The Morgan fingerprint density at radius 3 is 2.56 bits per heavy atom. The number of carbonyl (C=O) groups excluding carboxylic acids is 1. The Morgan fingerprint density at radius 2 is 2.06 bits per heavy atom. The largest absolute Gasteiger partial charge is 0.444 e. The standard InChI is InChI=1S/C11H20FNO3/c1-11(2,3)16-10(15)13-9-5-4-7(14)6-8(9)12/h7-9,14H,4-6H2,1-3H3,(H,13,15)/t7-,8-,9-/m1/s1. The van der Waals surface area contributed by atoms with Crippen LogP contribution in [-0.4, -0.2) is 35.1 Å². The Morgan fingerprint density at radius 1 is 1.44 bits per heavy atom. The predicted octanol–water partition coefficient (Wildman–Crippen LogP) is 1.76. The van der Waals surface area contributed by atoms with Crippen LogP contribution in [-0.2, 0) is 4.74 Å². The van der Waals surface area contributed by atoms with Gasteiger partial charge >= 0.3 is 6.09 Å². The molecule has 3 atom stereocenters. The number of hydrogen-bond donors (Lipinski definition) is 2. The first-order valence-corrected chi connectivity index (χ1v) is 5.59. The summed E-state index contributed by atoms with van der Waals surface area (Å²) in [5.74, 6) is 0. The van der Waals surface area contributed by atoms with Gasteiger partial charge in [-0.25, -0.2) is 9.18 Å². The molecule has 0 aromatic heterocycles. The van der Waals surface area contributed by atoms with Crippen LogP contribution >= 0.6 is 0 Å². The molecule has 16 heavy (non-hydrogen) atoms. The molecule has 0 aromatic rings. The van der Waals surface area contributed by atoms with E-state index in [0.717, 1.165) is 0 Å². The average Bonchev–Trinajstić information content (AvgIpc) is 2.06. The normalized spacial score (nSPS) is 30.9. The van der Waals surface area contributed by atoms with Gasteiger partial charge in [-0.15, -0.1) is 0 Å².